The Morgan fingerprint density at radius 2 is 2.00 bits per heavy atom. The maximum absolute atomic E-state index is 11.8. The van der Waals surface area contributed by atoms with Crippen molar-refractivity contribution in [2.75, 3.05) is 25.1 Å². The van der Waals surface area contributed by atoms with E-state index in [9.17, 15) is 4.79 Å². The number of fused-ring (bicyclic) bond motifs is 1. The first kappa shape index (κ1) is 14.3. The Morgan fingerprint density at radius 1 is 1.29 bits per heavy atom. The van der Waals surface area contributed by atoms with Gasteiger partial charge in [-0.3, -0.25) is 4.98 Å². The van der Waals surface area contributed by atoms with Gasteiger partial charge in [0.2, 0.25) is 0 Å². The highest BCUT2D eigenvalue weighted by Gasteiger charge is 2.19. The molecule has 1 aromatic heterocycles. The van der Waals surface area contributed by atoms with Crippen molar-refractivity contribution in [2.45, 2.75) is 19.8 Å². The van der Waals surface area contributed by atoms with Crippen molar-refractivity contribution in [2.24, 2.45) is 0 Å². The van der Waals surface area contributed by atoms with Crippen LogP contribution in [0.5, 0.6) is 0 Å². The molecule has 0 amide bonds. The van der Waals surface area contributed by atoms with Gasteiger partial charge in [-0.2, -0.15) is 0 Å². The van der Waals surface area contributed by atoms with E-state index in [0.29, 0.717) is 5.56 Å². The van der Waals surface area contributed by atoms with E-state index in [2.05, 4.69) is 31.9 Å². The van der Waals surface area contributed by atoms with E-state index < -0.39 is 0 Å². The van der Waals surface area contributed by atoms with Gasteiger partial charge in [0.25, 0.3) is 0 Å². The number of anilines is 1. The van der Waals surface area contributed by atoms with Crippen molar-refractivity contribution in [1.29, 1.82) is 0 Å². The van der Waals surface area contributed by atoms with Crippen molar-refractivity contribution in [1.82, 2.24) is 4.98 Å². The first-order valence-electron chi connectivity index (χ1n) is 7.04. The number of rotatable bonds is 2. The predicted octanol–water partition coefficient (Wildman–Crippen LogP) is 3.69. The predicted molar refractivity (Wildman–Crippen MR) is 87.0 cm³/mol. The summed E-state index contributed by atoms with van der Waals surface area (Å²) < 4.78 is 5.56. The number of benzene rings is 1. The van der Waals surface area contributed by atoms with Gasteiger partial charge in [0, 0.05) is 34.3 Å². The van der Waals surface area contributed by atoms with Crippen LogP contribution < -0.4 is 4.90 Å². The quantitative estimate of drug-likeness (QED) is 0.776. The summed E-state index contributed by atoms with van der Waals surface area (Å²) in [7, 11) is 1.39. The molecular formula is C16H17BrN2O2. The lowest BCUT2D eigenvalue weighted by molar-refractivity contribution is 0.0600. The van der Waals surface area contributed by atoms with Gasteiger partial charge in [0.1, 0.15) is 0 Å². The summed E-state index contributed by atoms with van der Waals surface area (Å²) >= 11 is 3.47. The van der Waals surface area contributed by atoms with Gasteiger partial charge < -0.3 is 9.64 Å². The molecule has 0 bridgehead atoms. The fourth-order valence-corrected chi connectivity index (χ4v) is 3.35. The minimum Gasteiger partial charge on any atom is -0.465 e. The lowest BCUT2D eigenvalue weighted by Crippen LogP contribution is -2.18. The monoisotopic (exact) mass is 348 g/mol. The van der Waals surface area contributed by atoms with Crippen LogP contribution in [0.25, 0.3) is 10.9 Å². The third kappa shape index (κ3) is 2.62. The van der Waals surface area contributed by atoms with Crippen LogP contribution in [0, 0.1) is 6.92 Å². The van der Waals surface area contributed by atoms with E-state index in [1.165, 1.54) is 25.6 Å². The molecule has 0 aliphatic carbocycles. The van der Waals surface area contributed by atoms with Crippen molar-refractivity contribution >= 4 is 38.5 Å². The average molecular weight is 349 g/mol. The summed E-state index contributed by atoms with van der Waals surface area (Å²) in [6.07, 6.45) is 2.45. The molecule has 0 unspecified atom stereocenters. The van der Waals surface area contributed by atoms with Gasteiger partial charge in [0.15, 0.2) is 0 Å². The standard InChI is InChI=1S/C16H17BrN2O2/c1-10-7-15(19-5-3-4-6-19)12-8-13(17)11(16(20)21-2)9-14(12)18-10/h7-9H,3-6H2,1-2H3. The molecule has 0 spiro atoms. The molecule has 110 valence electrons. The molecule has 1 aliphatic heterocycles. The summed E-state index contributed by atoms with van der Waals surface area (Å²) in [6.45, 7) is 4.14. The molecule has 1 aliphatic rings. The summed E-state index contributed by atoms with van der Waals surface area (Å²) in [4.78, 5) is 18.8. The number of carbonyl (C=O) groups is 1. The first-order chi connectivity index (χ1) is 10.1. The highest BCUT2D eigenvalue weighted by molar-refractivity contribution is 9.10. The number of aromatic nitrogens is 1. The molecule has 1 aromatic carbocycles. The van der Waals surface area contributed by atoms with Crippen LogP contribution in [-0.2, 0) is 4.74 Å². The van der Waals surface area contributed by atoms with Crippen LogP contribution in [0.1, 0.15) is 28.9 Å². The van der Waals surface area contributed by atoms with Gasteiger partial charge in [-0.05, 0) is 53.9 Å². The van der Waals surface area contributed by atoms with Gasteiger partial charge in [-0.1, -0.05) is 0 Å². The molecule has 0 saturated carbocycles. The van der Waals surface area contributed by atoms with Crippen molar-refractivity contribution in [3.05, 3.63) is 33.9 Å². The first-order valence-corrected chi connectivity index (χ1v) is 7.83. The highest BCUT2D eigenvalue weighted by atomic mass is 79.9. The molecule has 0 radical (unpaired) electrons. The molecule has 4 nitrogen and oxygen atoms in total. The third-order valence-electron chi connectivity index (χ3n) is 3.86. The molecule has 1 fully saturated rings. The second-order valence-corrected chi connectivity index (χ2v) is 6.17. The van der Waals surface area contributed by atoms with E-state index >= 15 is 0 Å². The van der Waals surface area contributed by atoms with E-state index in [-0.39, 0.29) is 5.97 Å². The molecule has 2 heterocycles. The Balaban J connectivity index is 2.21. The zero-order valence-electron chi connectivity index (χ0n) is 12.1. The Morgan fingerprint density at radius 3 is 2.67 bits per heavy atom. The van der Waals surface area contributed by atoms with Crippen LogP contribution in [0.2, 0.25) is 0 Å². The summed E-state index contributed by atoms with van der Waals surface area (Å²) in [5.74, 6) is -0.352. The van der Waals surface area contributed by atoms with Gasteiger partial charge in [-0.25, -0.2) is 4.79 Å². The topological polar surface area (TPSA) is 42.4 Å². The van der Waals surface area contributed by atoms with Gasteiger partial charge in [-0.15, -0.1) is 0 Å². The van der Waals surface area contributed by atoms with Crippen LogP contribution >= 0.6 is 15.9 Å². The molecule has 0 N–H and O–H groups in total. The summed E-state index contributed by atoms with van der Waals surface area (Å²) in [6, 6.07) is 5.90. The van der Waals surface area contributed by atoms with Gasteiger partial charge in [0.05, 0.1) is 18.2 Å². The Bertz CT molecular complexity index is 709. The van der Waals surface area contributed by atoms with E-state index in [1.807, 2.05) is 13.0 Å². The lowest BCUT2D eigenvalue weighted by Gasteiger charge is -2.20. The number of halogens is 1. The minimum atomic E-state index is -0.352. The second-order valence-electron chi connectivity index (χ2n) is 5.32. The fourth-order valence-electron chi connectivity index (χ4n) is 2.84. The number of hydrogen-bond donors (Lipinski definition) is 0. The minimum absolute atomic E-state index is 0.352. The number of hydrogen-bond acceptors (Lipinski definition) is 4. The fraction of sp³-hybridized carbons (Fsp3) is 0.375. The Labute approximate surface area is 132 Å². The second kappa shape index (κ2) is 5.64. The molecule has 1 saturated heterocycles. The number of carbonyl (C=O) groups excluding carboxylic acids is 1. The molecular weight excluding hydrogens is 332 g/mol. The Hall–Kier alpha value is -1.62. The van der Waals surface area contributed by atoms with Crippen molar-refractivity contribution < 1.29 is 9.53 Å². The van der Waals surface area contributed by atoms with Crippen LogP contribution in [-0.4, -0.2) is 31.2 Å². The van der Waals surface area contributed by atoms with Crippen LogP contribution in [0.3, 0.4) is 0 Å². The largest absolute Gasteiger partial charge is 0.465 e. The summed E-state index contributed by atoms with van der Waals surface area (Å²) in [5, 5.41) is 1.07. The van der Waals surface area contributed by atoms with Crippen LogP contribution in [0.15, 0.2) is 22.7 Å². The van der Waals surface area contributed by atoms with E-state index in [1.54, 1.807) is 6.07 Å². The zero-order valence-corrected chi connectivity index (χ0v) is 13.7. The third-order valence-corrected chi connectivity index (χ3v) is 4.51. The van der Waals surface area contributed by atoms with Gasteiger partial charge >= 0.3 is 5.97 Å². The molecule has 21 heavy (non-hydrogen) atoms. The average Bonchev–Trinajstić information content (AvgIpc) is 2.99. The molecule has 3 rings (SSSR count). The number of ether oxygens (including phenoxy) is 1. The van der Waals surface area contributed by atoms with Crippen LogP contribution in [0.4, 0.5) is 5.69 Å². The number of nitrogens with zero attached hydrogens (tertiary/aromatic N) is 2. The maximum atomic E-state index is 11.8. The molecule has 0 atom stereocenters. The van der Waals surface area contributed by atoms with Crippen molar-refractivity contribution in [3.63, 3.8) is 0 Å². The zero-order chi connectivity index (χ0) is 15.0. The smallest absolute Gasteiger partial charge is 0.339 e. The molecule has 2 aromatic rings. The number of esters is 1. The van der Waals surface area contributed by atoms with E-state index in [4.69, 9.17) is 4.74 Å². The number of methoxy groups -OCH3 is 1. The number of aryl methyl sites for hydroxylation is 1. The van der Waals surface area contributed by atoms with E-state index in [0.717, 1.165) is 34.2 Å². The highest BCUT2D eigenvalue weighted by Crippen LogP contribution is 2.33. The molecule has 5 heteroatoms. The van der Waals surface area contributed by atoms with Crippen molar-refractivity contribution in [3.8, 4) is 0 Å². The normalized spacial score (nSPS) is 14.7. The SMILES string of the molecule is COC(=O)c1cc2nc(C)cc(N3CCCC3)c2cc1Br. The Kier molecular flexibility index (Phi) is 3.85. The number of pyridine rings is 1. The summed E-state index contributed by atoms with van der Waals surface area (Å²) in [5.41, 5.74) is 3.51. The lowest BCUT2D eigenvalue weighted by atomic mass is 10.1. The maximum Gasteiger partial charge on any atom is 0.339 e.